The first-order valence-electron chi connectivity index (χ1n) is 7.44. The molecule has 2 heterocycles. The highest BCUT2D eigenvalue weighted by Gasteiger charge is 2.41. The van der Waals surface area contributed by atoms with Gasteiger partial charge in [-0.15, -0.1) is 0 Å². The second-order valence-electron chi connectivity index (χ2n) is 6.57. The minimum Gasteiger partial charge on any atom is -0.492 e. The van der Waals surface area contributed by atoms with E-state index in [1.807, 2.05) is 6.92 Å². The average Bonchev–Trinajstić information content (AvgIpc) is 2.87. The SMILES string of the molecule is COc1c2c(cc3c1[C@H](C[C@H](C)O)[N+](C)(C)CC3)OCO2. The summed E-state index contributed by atoms with van der Waals surface area (Å²) in [6, 6.07) is 2.27. The Kier molecular flexibility index (Phi) is 3.50. The third-order valence-corrected chi connectivity index (χ3v) is 4.65. The van der Waals surface area contributed by atoms with Crippen LogP contribution in [0.1, 0.15) is 30.5 Å². The van der Waals surface area contributed by atoms with Crippen LogP contribution in [0.5, 0.6) is 17.2 Å². The zero-order valence-electron chi connectivity index (χ0n) is 13.2. The maximum atomic E-state index is 9.91. The molecular weight excluding hydrogens is 270 g/mol. The van der Waals surface area contributed by atoms with Gasteiger partial charge in [-0.1, -0.05) is 0 Å². The van der Waals surface area contributed by atoms with E-state index in [-0.39, 0.29) is 18.9 Å². The first kappa shape index (κ1) is 14.5. The Morgan fingerprint density at radius 1 is 1.43 bits per heavy atom. The molecule has 5 nitrogen and oxygen atoms in total. The molecule has 2 aliphatic heterocycles. The largest absolute Gasteiger partial charge is 0.492 e. The molecule has 0 saturated heterocycles. The van der Waals surface area contributed by atoms with Crippen LogP contribution in [0.15, 0.2) is 6.07 Å². The van der Waals surface area contributed by atoms with Crippen LogP contribution in [0.2, 0.25) is 0 Å². The topological polar surface area (TPSA) is 47.9 Å². The van der Waals surface area contributed by atoms with Gasteiger partial charge in [0.15, 0.2) is 11.5 Å². The van der Waals surface area contributed by atoms with Gasteiger partial charge in [-0.2, -0.15) is 0 Å². The number of fused-ring (bicyclic) bond motifs is 2. The molecule has 5 heteroatoms. The highest BCUT2D eigenvalue weighted by atomic mass is 16.7. The van der Waals surface area contributed by atoms with E-state index in [2.05, 4.69) is 20.2 Å². The van der Waals surface area contributed by atoms with E-state index < -0.39 is 0 Å². The van der Waals surface area contributed by atoms with Gasteiger partial charge >= 0.3 is 0 Å². The summed E-state index contributed by atoms with van der Waals surface area (Å²) in [5, 5.41) is 9.91. The molecule has 0 saturated carbocycles. The molecule has 1 aromatic rings. The monoisotopic (exact) mass is 294 g/mol. The van der Waals surface area contributed by atoms with Gasteiger partial charge in [-0.05, 0) is 18.6 Å². The molecule has 0 radical (unpaired) electrons. The summed E-state index contributed by atoms with van der Waals surface area (Å²) < 4.78 is 17.6. The van der Waals surface area contributed by atoms with Crippen LogP contribution in [-0.2, 0) is 6.42 Å². The summed E-state index contributed by atoms with van der Waals surface area (Å²) in [4.78, 5) is 0. The molecule has 0 bridgehead atoms. The lowest BCUT2D eigenvalue weighted by atomic mass is 9.86. The molecule has 0 aliphatic carbocycles. The number of aliphatic hydroxyl groups is 1. The number of aliphatic hydroxyl groups excluding tert-OH is 1. The van der Waals surface area contributed by atoms with E-state index in [4.69, 9.17) is 14.2 Å². The van der Waals surface area contributed by atoms with Crippen molar-refractivity contribution in [1.82, 2.24) is 0 Å². The molecule has 1 N–H and O–H groups in total. The van der Waals surface area contributed by atoms with Gasteiger partial charge in [-0.3, -0.25) is 0 Å². The number of likely N-dealkylation sites (N-methyl/N-ethyl adjacent to an activating group) is 1. The van der Waals surface area contributed by atoms with Crippen LogP contribution < -0.4 is 14.2 Å². The van der Waals surface area contributed by atoms with E-state index >= 15 is 0 Å². The number of methoxy groups -OCH3 is 1. The summed E-state index contributed by atoms with van der Waals surface area (Å²) in [7, 11) is 6.09. The summed E-state index contributed by atoms with van der Waals surface area (Å²) in [5.74, 6) is 2.25. The zero-order valence-corrected chi connectivity index (χ0v) is 13.2. The molecule has 2 aliphatic rings. The van der Waals surface area contributed by atoms with Gasteiger partial charge in [0.1, 0.15) is 6.04 Å². The molecule has 1 aromatic carbocycles. The van der Waals surface area contributed by atoms with Crippen molar-refractivity contribution in [3.8, 4) is 17.2 Å². The lowest BCUT2D eigenvalue weighted by Gasteiger charge is -2.43. The molecular formula is C16H24NO4+. The molecule has 0 aromatic heterocycles. The van der Waals surface area contributed by atoms with Gasteiger partial charge in [0.2, 0.25) is 12.5 Å². The molecule has 0 unspecified atom stereocenters. The van der Waals surface area contributed by atoms with E-state index in [9.17, 15) is 5.11 Å². The molecule has 3 rings (SSSR count). The predicted molar refractivity (Wildman–Crippen MR) is 78.8 cm³/mol. The van der Waals surface area contributed by atoms with Crippen molar-refractivity contribution in [3.63, 3.8) is 0 Å². The van der Waals surface area contributed by atoms with E-state index in [1.165, 1.54) is 11.1 Å². The van der Waals surface area contributed by atoms with Gasteiger partial charge in [-0.25, -0.2) is 0 Å². The summed E-state index contributed by atoms with van der Waals surface area (Å²) in [6.45, 7) is 3.12. The first-order valence-corrected chi connectivity index (χ1v) is 7.44. The van der Waals surface area contributed by atoms with Crippen molar-refractivity contribution in [2.75, 3.05) is 34.5 Å². The van der Waals surface area contributed by atoms with Crippen LogP contribution in [0.3, 0.4) is 0 Å². The Hall–Kier alpha value is -1.46. The van der Waals surface area contributed by atoms with Crippen molar-refractivity contribution in [3.05, 3.63) is 17.2 Å². The Morgan fingerprint density at radius 3 is 2.86 bits per heavy atom. The molecule has 21 heavy (non-hydrogen) atoms. The number of hydrogen-bond donors (Lipinski definition) is 1. The van der Waals surface area contributed by atoms with Crippen molar-refractivity contribution in [1.29, 1.82) is 0 Å². The van der Waals surface area contributed by atoms with E-state index in [1.54, 1.807) is 7.11 Å². The summed E-state index contributed by atoms with van der Waals surface area (Å²) in [6.07, 6.45) is 1.33. The first-order chi connectivity index (χ1) is 9.94. The lowest BCUT2D eigenvalue weighted by Crippen LogP contribution is -2.48. The van der Waals surface area contributed by atoms with Gasteiger partial charge in [0.05, 0.1) is 39.4 Å². The molecule has 116 valence electrons. The van der Waals surface area contributed by atoms with Crippen LogP contribution in [-0.4, -0.2) is 50.2 Å². The standard InChI is InChI=1S/C16H24NO4/c1-10(18)7-12-14-11(5-6-17(12,2)3)8-13-15(16(14)19-4)21-9-20-13/h8,10,12,18H,5-7,9H2,1-4H3/q+1/t10-,12-/m0/s1. The fourth-order valence-corrected chi connectivity index (χ4v) is 3.49. The highest BCUT2D eigenvalue weighted by molar-refractivity contribution is 5.61. The molecule has 0 amide bonds. The number of quaternary nitrogens is 1. The number of benzene rings is 1. The number of hydrogen-bond acceptors (Lipinski definition) is 4. The Labute approximate surface area is 125 Å². The zero-order chi connectivity index (χ0) is 15.2. The van der Waals surface area contributed by atoms with Crippen molar-refractivity contribution in [2.45, 2.75) is 31.9 Å². The quantitative estimate of drug-likeness (QED) is 0.865. The van der Waals surface area contributed by atoms with E-state index in [0.717, 1.165) is 28.9 Å². The summed E-state index contributed by atoms with van der Waals surface area (Å²) >= 11 is 0. The Balaban J connectivity index is 2.16. The second-order valence-corrected chi connectivity index (χ2v) is 6.57. The van der Waals surface area contributed by atoms with Gasteiger partial charge in [0, 0.05) is 12.8 Å². The Bertz CT molecular complexity index is 554. The minimum absolute atomic E-state index is 0.193. The third kappa shape index (κ3) is 2.34. The highest BCUT2D eigenvalue weighted by Crippen LogP contribution is 2.51. The van der Waals surface area contributed by atoms with Crippen molar-refractivity contribution < 1.29 is 23.8 Å². The van der Waals surface area contributed by atoms with Gasteiger partial charge < -0.3 is 23.8 Å². The van der Waals surface area contributed by atoms with Gasteiger partial charge in [0.25, 0.3) is 0 Å². The van der Waals surface area contributed by atoms with Crippen molar-refractivity contribution >= 4 is 0 Å². The fourth-order valence-electron chi connectivity index (χ4n) is 3.49. The van der Waals surface area contributed by atoms with Crippen LogP contribution in [0.25, 0.3) is 0 Å². The number of nitrogens with zero attached hydrogens (tertiary/aromatic N) is 1. The minimum atomic E-state index is -0.353. The predicted octanol–water partition coefficient (Wildman–Crippen LogP) is 1.87. The normalized spacial score (nSPS) is 23.6. The third-order valence-electron chi connectivity index (χ3n) is 4.65. The van der Waals surface area contributed by atoms with Crippen LogP contribution in [0, 0.1) is 0 Å². The average molecular weight is 294 g/mol. The van der Waals surface area contributed by atoms with Crippen molar-refractivity contribution in [2.24, 2.45) is 0 Å². The molecule has 0 spiro atoms. The lowest BCUT2D eigenvalue weighted by molar-refractivity contribution is -0.924. The second kappa shape index (κ2) is 5.07. The maximum absolute atomic E-state index is 9.91. The fraction of sp³-hybridized carbons (Fsp3) is 0.625. The van der Waals surface area contributed by atoms with Crippen LogP contribution >= 0.6 is 0 Å². The Morgan fingerprint density at radius 2 is 2.19 bits per heavy atom. The smallest absolute Gasteiger partial charge is 0.231 e. The number of ether oxygens (including phenoxy) is 3. The molecule has 2 atom stereocenters. The number of rotatable bonds is 3. The van der Waals surface area contributed by atoms with E-state index in [0.29, 0.717) is 12.2 Å². The molecule has 0 fully saturated rings. The maximum Gasteiger partial charge on any atom is 0.231 e. The summed E-state index contributed by atoms with van der Waals surface area (Å²) in [5.41, 5.74) is 2.41. The van der Waals surface area contributed by atoms with Crippen LogP contribution in [0.4, 0.5) is 0 Å².